The molecular weight excluding hydrogens is 248 g/mol. The van der Waals surface area contributed by atoms with Crippen molar-refractivity contribution in [1.29, 1.82) is 0 Å². The van der Waals surface area contributed by atoms with E-state index in [0.29, 0.717) is 12.1 Å². The Bertz CT molecular complexity index is 595. The molecule has 3 rings (SSSR count). The van der Waals surface area contributed by atoms with Gasteiger partial charge in [0.05, 0.1) is 0 Å². The normalized spacial score (nSPS) is 17.3. The highest BCUT2D eigenvalue weighted by atomic mass is 16.1. The Labute approximate surface area is 119 Å². The molecule has 3 nitrogen and oxygen atoms in total. The summed E-state index contributed by atoms with van der Waals surface area (Å²) in [6.07, 6.45) is 1.05. The van der Waals surface area contributed by atoms with E-state index in [4.69, 9.17) is 0 Å². The molecule has 0 bridgehead atoms. The molecule has 1 aliphatic heterocycles. The molecule has 1 aliphatic rings. The molecule has 0 spiro atoms. The number of amides is 1. The lowest BCUT2D eigenvalue weighted by Gasteiger charge is -2.27. The molecule has 0 unspecified atom stereocenters. The van der Waals surface area contributed by atoms with Crippen molar-refractivity contribution in [3.63, 3.8) is 0 Å². The fraction of sp³-hybridized carbons (Fsp3) is 0.235. The smallest absolute Gasteiger partial charge is 0.251 e. The maximum atomic E-state index is 12.1. The van der Waals surface area contributed by atoms with Crippen LogP contribution in [-0.4, -0.2) is 19.0 Å². The van der Waals surface area contributed by atoms with Crippen LogP contribution in [0.1, 0.15) is 27.5 Å². The molecule has 0 aliphatic carbocycles. The number of fused-ring (bicyclic) bond motifs is 1. The van der Waals surface area contributed by atoms with Gasteiger partial charge in [-0.3, -0.25) is 4.79 Å². The van der Waals surface area contributed by atoms with E-state index in [1.165, 1.54) is 11.1 Å². The second-order valence-corrected chi connectivity index (χ2v) is 5.03. The summed E-state index contributed by atoms with van der Waals surface area (Å²) < 4.78 is 0. The van der Waals surface area contributed by atoms with Crippen LogP contribution in [0.5, 0.6) is 0 Å². The van der Waals surface area contributed by atoms with Gasteiger partial charge in [0.2, 0.25) is 0 Å². The lowest BCUT2D eigenvalue weighted by atomic mass is 9.94. The van der Waals surface area contributed by atoms with Crippen LogP contribution in [0.15, 0.2) is 54.6 Å². The highest BCUT2D eigenvalue weighted by Gasteiger charge is 2.19. The summed E-state index contributed by atoms with van der Waals surface area (Å²) in [6.45, 7) is 1.58. The fourth-order valence-corrected chi connectivity index (χ4v) is 2.66. The molecule has 2 aromatic rings. The first-order valence-electron chi connectivity index (χ1n) is 6.99. The number of hydrogen-bond donors (Lipinski definition) is 2. The van der Waals surface area contributed by atoms with Gasteiger partial charge in [0.25, 0.3) is 5.91 Å². The molecule has 1 heterocycles. The number of nitrogens with one attached hydrogen (secondary N) is 2. The van der Waals surface area contributed by atoms with Crippen molar-refractivity contribution >= 4 is 5.91 Å². The molecule has 2 N–H and O–H groups in total. The van der Waals surface area contributed by atoms with E-state index in [-0.39, 0.29) is 11.9 Å². The SMILES string of the molecule is O=C(NC[C@@H]1NCCc2ccccc21)c1ccccc1. The number of carbonyl (C=O) groups is 1. The molecule has 3 heteroatoms. The second-order valence-electron chi connectivity index (χ2n) is 5.03. The predicted octanol–water partition coefficient (Wildman–Crippen LogP) is 2.30. The Morgan fingerprint density at radius 1 is 1.10 bits per heavy atom. The summed E-state index contributed by atoms with van der Waals surface area (Å²) in [6, 6.07) is 18.0. The molecule has 1 amide bonds. The molecule has 1 atom stereocenters. The standard InChI is InChI=1S/C17H18N2O/c20-17(14-7-2-1-3-8-14)19-12-16-15-9-5-4-6-13(15)10-11-18-16/h1-9,16,18H,10-12H2,(H,19,20)/t16-/m0/s1. The molecule has 0 saturated heterocycles. The minimum atomic E-state index is -0.0181. The van der Waals surface area contributed by atoms with Gasteiger partial charge in [-0.25, -0.2) is 0 Å². The van der Waals surface area contributed by atoms with Gasteiger partial charge in [-0.1, -0.05) is 42.5 Å². The van der Waals surface area contributed by atoms with Gasteiger partial charge in [-0.15, -0.1) is 0 Å². The highest BCUT2D eigenvalue weighted by Crippen LogP contribution is 2.21. The zero-order chi connectivity index (χ0) is 13.8. The van der Waals surface area contributed by atoms with E-state index in [2.05, 4.69) is 34.9 Å². The Balaban J connectivity index is 1.67. The molecule has 0 fully saturated rings. The van der Waals surface area contributed by atoms with E-state index in [0.717, 1.165) is 13.0 Å². The van der Waals surface area contributed by atoms with Crippen molar-refractivity contribution in [2.45, 2.75) is 12.5 Å². The zero-order valence-corrected chi connectivity index (χ0v) is 11.3. The van der Waals surface area contributed by atoms with E-state index in [1.54, 1.807) is 0 Å². The van der Waals surface area contributed by atoms with Crippen molar-refractivity contribution in [2.75, 3.05) is 13.1 Å². The first-order chi connectivity index (χ1) is 9.84. The summed E-state index contributed by atoms with van der Waals surface area (Å²) in [5.41, 5.74) is 3.38. The van der Waals surface area contributed by atoms with Gasteiger partial charge in [0.15, 0.2) is 0 Å². The molecule has 20 heavy (non-hydrogen) atoms. The van der Waals surface area contributed by atoms with E-state index < -0.39 is 0 Å². The maximum Gasteiger partial charge on any atom is 0.251 e. The monoisotopic (exact) mass is 266 g/mol. The molecule has 0 aromatic heterocycles. The zero-order valence-electron chi connectivity index (χ0n) is 11.3. The Morgan fingerprint density at radius 2 is 1.85 bits per heavy atom. The number of benzene rings is 2. The molecular formula is C17H18N2O. The van der Waals surface area contributed by atoms with Crippen LogP contribution in [0.4, 0.5) is 0 Å². The summed E-state index contributed by atoms with van der Waals surface area (Å²) in [7, 11) is 0. The third kappa shape index (κ3) is 2.73. The topological polar surface area (TPSA) is 41.1 Å². The first-order valence-corrected chi connectivity index (χ1v) is 6.99. The van der Waals surface area contributed by atoms with Crippen molar-refractivity contribution in [2.24, 2.45) is 0 Å². The average Bonchev–Trinajstić information content (AvgIpc) is 2.53. The minimum Gasteiger partial charge on any atom is -0.350 e. The quantitative estimate of drug-likeness (QED) is 0.895. The van der Waals surface area contributed by atoms with Gasteiger partial charge < -0.3 is 10.6 Å². The van der Waals surface area contributed by atoms with Crippen molar-refractivity contribution in [3.8, 4) is 0 Å². The van der Waals surface area contributed by atoms with Crippen LogP contribution >= 0.6 is 0 Å². The van der Waals surface area contributed by atoms with Crippen molar-refractivity contribution < 1.29 is 4.79 Å². The van der Waals surface area contributed by atoms with Crippen LogP contribution in [0.25, 0.3) is 0 Å². The Kier molecular flexibility index (Phi) is 3.79. The van der Waals surface area contributed by atoms with Crippen LogP contribution < -0.4 is 10.6 Å². The summed E-state index contributed by atoms with van der Waals surface area (Å²) in [4.78, 5) is 12.1. The van der Waals surface area contributed by atoms with Gasteiger partial charge in [0.1, 0.15) is 0 Å². The van der Waals surface area contributed by atoms with E-state index >= 15 is 0 Å². The van der Waals surface area contributed by atoms with Crippen LogP contribution in [0.3, 0.4) is 0 Å². The molecule has 102 valence electrons. The molecule has 0 radical (unpaired) electrons. The maximum absolute atomic E-state index is 12.1. The van der Waals surface area contributed by atoms with E-state index in [9.17, 15) is 4.79 Å². The first kappa shape index (κ1) is 12.9. The Hall–Kier alpha value is -2.13. The Morgan fingerprint density at radius 3 is 2.70 bits per heavy atom. The third-order valence-corrected chi connectivity index (χ3v) is 3.72. The van der Waals surface area contributed by atoms with Gasteiger partial charge in [0, 0.05) is 18.2 Å². The lowest BCUT2D eigenvalue weighted by Crippen LogP contribution is -2.38. The van der Waals surface area contributed by atoms with Gasteiger partial charge in [-0.05, 0) is 36.2 Å². The van der Waals surface area contributed by atoms with Crippen molar-refractivity contribution in [3.05, 3.63) is 71.3 Å². The lowest BCUT2D eigenvalue weighted by molar-refractivity contribution is 0.0949. The summed E-state index contributed by atoms with van der Waals surface area (Å²) >= 11 is 0. The van der Waals surface area contributed by atoms with Crippen molar-refractivity contribution in [1.82, 2.24) is 10.6 Å². The minimum absolute atomic E-state index is 0.0181. The number of rotatable bonds is 3. The highest BCUT2D eigenvalue weighted by molar-refractivity contribution is 5.94. The van der Waals surface area contributed by atoms with Crippen LogP contribution in [0.2, 0.25) is 0 Å². The predicted molar refractivity (Wildman–Crippen MR) is 79.7 cm³/mol. The van der Waals surface area contributed by atoms with Gasteiger partial charge in [-0.2, -0.15) is 0 Å². The second kappa shape index (κ2) is 5.88. The summed E-state index contributed by atoms with van der Waals surface area (Å²) in [5.74, 6) is -0.0181. The van der Waals surface area contributed by atoms with Crippen LogP contribution in [0, 0.1) is 0 Å². The van der Waals surface area contributed by atoms with Gasteiger partial charge >= 0.3 is 0 Å². The molecule has 0 saturated carbocycles. The summed E-state index contributed by atoms with van der Waals surface area (Å²) in [5, 5.41) is 6.48. The fourth-order valence-electron chi connectivity index (χ4n) is 2.66. The average molecular weight is 266 g/mol. The van der Waals surface area contributed by atoms with Crippen LogP contribution in [-0.2, 0) is 6.42 Å². The number of carbonyl (C=O) groups excluding carboxylic acids is 1. The third-order valence-electron chi connectivity index (χ3n) is 3.72. The van der Waals surface area contributed by atoms with E-state index in [1.807, 2.05) is 30.3 Å². The number of hydrogen-bond acceptors (Lipinski definition) is 2. The molecule has 2 aromatic carbocycles. The largest absolute Gasteiger partial charge is 0.350 e.